The number of carbonyl (C=O) groups is 1. The van der Waals surface area contributed by atoms with Crippen LogP contribution < -0.4 is 5.32 Å². The van der Waals surface area contributed by atoms with Crippen LogP contribution >= 0.6 is 11.3 Å². The molecule has 3 aromatic heterocycles. The summed E-state index contributed by atoms with van der Waals surface area (Å²) in [5.41, 5.74) is -0.898. The van der Waals surface area contributed by atoms with Gasteiger partial charge in [0.1, 0.15) is 0 Å². The Morgan fingerprint density at radius 3 is 2.86 bits per heavy atom. The standard InChI is InChI=1S/C19H19F3N4O2S/c1-2-12-5-6-15(29-12)13-8-16(19(20,21)22)26-17(24-13)9-14(25-26)18(27)23-10-11-4-3-7-28-11/h5-6,8-9,11H,2-4,7,10H2,1H3,(H,23,27)/t11-/m1/s1. The Balaban J connectivity index is 1.69. The molecule has 0 aliphatic carbocycles. The van der Waals surface area contributed by atoms with Crippen molar-refractivity contribution in [3.05, 3.63) is 40.5 Å². The third-order valence-electron chi connectivity index (χ3n) is 4.73. The average Bonchev–Trinajstić information content (AvgIpc) is 3.44. The Kier molecular flexibility index (Phi) is 5.30. The third kappa shape index (κ3) is 4.13. The third-order valence-corrected chi connectivity index (χ3v) is 5.98. The first-order chi connectivity index (χ1) is 13.8. The molecule has 1 aliphatic heterocycles. The second kappa shape index (κ2) is 7.75. The molecule has 1 fully saturated rings. The van der Waals surface area contributed by atoms with Gasteiger partial charge in [-0.15, -0.1) is 11.3 Å². The molecule has 3 aromatic rings. The molecular formula is C19H19F3N4O2S. The molecular weight excluding hydrogens is 405 g/mol. The van der Waals surface area contributed by atoms with Gasteiger partial charge in [-0.2, -0.15) is 18.3 Å². The van der Waals surface area contributed by atoms with E-state index < -0.39 is 17.8 Å². The summed E-state index contributed by atoms with van der Waals surface area (Å²) in [4.78, 5) is 18.4. The van der Waals surface area contributed by atoms with Crippen molar-refractivity contribution in [3.63, 3.8) is 0 Å². The molecule has 0 saturated carbocycles. The zero-order valence-corrected chi connectivity index (χ0v) is 16.4. The quantitative estimate of drug-likeness (QED) is 0.674. The van der Waals surface area contributed by atoms with Gasteiger partial charge in [0.05, 0.1) is 16.7 Å². The number of alkyl halides is 3. The van der Waals surface area contributed by atoms with Crippen LogP contribution in [0.25, 0.3) is 16.2 Å². The van der Waals surface area contributed by atoms with E-state index in [9.17, 15) is 18.0 Å². The summed E-state index contributed by atoms with van der Waals surface area (Å²) >= 11 is 1.40. The minimum Gasteiger partial charge on any atom is -0.376 e. The van der Waals surface area contributed by atoms with Crippen molar-refractivity contribution in [2.24, 2.45) is 0 Å². The molecule has 10 heteroatoms. The zero-order valence-electron chi connectivity index (χ0n) is 15.6. The smallest absolute Gasteiger partial charge is 0.376 e. The lowest BCUT2D eigenvalue weighted by atomic mass is 10.2. The molecule has 0 radical (unpaired) electrons. The van der Waals surface area contributed by atoms with E-state index in [4.69, 9.17) is 4.74 Å². The summed E-state index contributed by atoms with van der Waals surface area (Å²) in [6, 6.07) is 5.88. The van der Waals surface area contributed by atoms with Crippen LogP contribution in [-0.2, 0) is 17.3 Å². The number of nitrogens with one attached hydrogen (secondary N) is 1. The second-order valence-corrected chi connectivity index (χ2v) is 7.96. The number of aromatic nitrogens is 3. The normalized spacial score (nSPS) is 17.2. The highest BCUT2D eigenvalue weighted by molar-refractivity contribution is 7.15. The molecule has 4 heterocycles. The van der Waals surface area contributed by atoms with Crippen LogP contribution in [0.3, 0.4) is 0 Å². The largest absolute Gasteiger partial charge is 0.433 e. The number of carbonyl (C=O) groups excluding carboxylic acids is 1. The van der Waals surface area contributed by atoms with Crippen LogP contribution in [-0.4, -0.2) is 39.8 Å². The Bertz CT molecular complexity index is 1040. The molecule has 0 aromatic carbocycles. The molecule has 1 N–H and O–H groups in total. The van der Waals surface area contributed by atoms with Gasteiger partial charge in [-0.3, -0.25) is 4.79 Å². The monoisotopic (exact) mass is 424 g/mol. The van der Waals surface area contributed by atoms with E-state index in [0.29, 0.717) is 22.5 Å². The maximum atomic E-state index is 13.6. The summed E-state index contributed by atoms with van der Waals surface area (Å²) in [6.45, 7) is 2.93. The summed E-state index contributed by atoms with van der Waals surface area (Å²) < 4.78 is 47.1. The highest BCUT2D eigenvalue weighted by Crippen LogP contribution is 2.34. The van der Waals surface area contributed by atoms with Crippen molar-refractivity contribution in [2.75, 3.05) is 13.2 Å². The summed E-state index contributed by atoms with van der Waals surface area (Å²) in [7, 11) is 0. The molecule has 1 aliphatic rings. The van der Waals surface area contributed by atoms with Crippen molar-refractivity contribution in [2.45, 2.75) is 38.5 Å². The summed E-state index contributed by atoms with van der Waals surface area (Å²) in [5.74, 6) is -0.551. The lowest BCUT2D eigenvalue weighted by molar-refractivity contribution is -0.142. The number of aryl methyl sites for hydroxylation is 1. The Labute approximate surface area is 168 Å². The van der Waals surface area contributed by atoms with Crippen molar-refractivity contribution in [1.82, 2.24) is 19.9 Å². The van der Waals surface area contributed by atoms with Gasteiger partial charge in [0, 0.05) is 24.1 Å². The lowest BCUT2D eigenvalue weighted by Crippen LogP contribution is -2.32. The molecule has 29 heavy (non-hydrogen) atoms. The van der Waals surface area contributed by atoms with E-state index in [1.807, 2.05) is 13.0 Å². The fourth-order valence-electron chi connectivity index (χ4n) is 3.22. The van der Waals surface area contributed by atoms with E-state index in [0.717, 1.165) is 30.2 Å². The molecule has 0 spiro atoms. The zero-order chi connectivity index (χ0) is 20.6. The van der Waals surface area contributed by atoms with Gasteiger partial charge in [-0.25, -0.2) is 9.50 Å². The van der Waals surface area contributed by atoms with Crippen LogP contribution in [0.2, 0.25) is 0 Å². The highest BCUT2D eigenvalue weighted by atomic mass is 32.1. The number of hydrogen-bond acceptors (Lipinski definition) is 5. The van der Waals surface area contributed by atoms with Crippen molar-refractivity contribution < 1.29 is 22.7 Å². The second-order valence-electron chi connectivity index (χ2n) is 6.79. The van der Waals surface area contributed by atoms with Crippen LogP contribution in [0.15, 0.2) is 24.3 Å². The van der Waals surface area contributed by atoms with E-state index in [2.05, 4.69) is 15.4 Å². The number of hydrogen-bond donors (Lipinski definition) is 1. The Morgan fingerprint density at radius 2 is 2.21 bits per heavy atom. The number of rotatable bonds is 5. The number of halogens is 3. The van der Waals surface area contributed by atoms with Gasteiger partial charge in [0.25, 0.3) is 5.91 Å². The molecule has 1 saturated heterocycles. The van der Waals surface area contributed by atoms with E-state index in [1.165, 1.54) is 17.4 Å². The number of fused-ring (bicyclic) bond motifs is 1. The minimum absolute atomic E-state index is 0.0245. The van der Waals surface area contributed by atoms with Crippen molar-refractivity contribution in [3.8, 4) is 10.6 Å². The molecule has 154 valence electrons. The predicted octanol–water partition coefficient (Wildman–Crippen LogP) is 3.95. The van der Waals surface area contributed by atoms with Crippen LogP contribution in [0, 0.1) is 0 Å². The molecule has 4 rings (SSSR count). The summed E-state index contributed by atoms with van der Waals surface area (Å²) in [5, 5.41) is 6.54. The maximum absolute atomic E-state index is 13.6. The topological polar surface area (TPSA) is 68.5 Å². The highest BCUT2D eigenvalue weighted by Gasteiger charge is 2.36. The number of amides is 1. The Hall–Kier alpha value is -2.46. The van der Waals surface area contributed by atoms with Crippen LogP contribution in [0.4, 0.5) is 13.2 Å². The number of thiophene rings is 1. The number of nitrogens with zero attached hydrogens (tertiary/aromatic N) is 3. The van der Waals surface area contributed by atoms with E-state index in [1.54, 1.807) is 6.07 Å². The fourth-order valence-corrected chi connectivity index (χ4v) is 4.13. The first-order valence-corrected chi connectivity index (χ1v) is 10.1. The minimum atomic E-state index is -4.64. The van der Waals surface area contributed by atoms with Crippen molar-refractivity contribution >= 4 is 22.9 Å². The lowest BCUT2D eigenvalue weighted by Gasteiger charge is -2.10. The molecule has 1 amide bonds. The average molecular weight is 424 g/mol. The van der Waals surface area contributed by atoms with Gasteiger partial charge in [-0.1, -0.05) is 6.92 Å². The molecule has 1 atom stereocenters. The van der Waals surface area contributed by atoms with Gasteiger partial charge in [0.15, 0.2) is 17.0 Å². The van der Waals surface area contributed by atoms with E-state index >= 15 is 0 Å². The SMILES string of the molecule is CCc1ccc(-c2cc(C(F)(F)F)n3nc(C(=O)NC[C@H]4CCCO4)cc3n2)s1. The molecule has 0 bridgehead atoms. The van der Waals surface area contributed by atoms with Crippen LogP contribution in [0.5, 0.6) is 0 Å². The van der Waals surface area contributed by atoms with Gasteiger partial charge < -0.3 is 10.1 Å². The Morgan fingerprint density at radius 1 is 1.38 bits per heavy atom. The first kappa shape index (κ1) is 19.8. The van der Waals surface area contributed by atoms with Gasteiger partial charge in [0.2, 0.25) is 0 Å². The number of ether oxygens (including phenoxy) is 1. The van der Waals surface area contributed by atoms with E-state index in [-0.39, 0.29) is 23.1 Å². The van der Waals surface area contributed by atoms with Gasteiger partial charge in [-0.05, 0) is 37.5 Å². The van der Waals surface area contributed by atoms with Gasteiger partial charge >= 0.3 is 6.18 Å². The fraction of sp³-hybridized carbons (Fsp3) is 0.421. The first-order valence-electron chi connectivity index (χ1n) is 9.32. The molecule has 6 nitrogen and oxygen atoms in total. The van der Waals surface area contributed by atoms with Crippen molar-refractivity contribution in [1.29, 1.82) is 0 Å². The maximum Gasteiger partial charge on any atom is 0.433 e. The van der Waals surface area contributed by atoms with Crippen LogP contribution in [0.1, 0.15) is 40.8 Å². The summed E-state index contributed by atoms with van der Waals surface area (Å²) in [6.07, 6.45) is -2.15. The predicted molar refractivity (Wildman–Crippen MR) is 102 cm³/mol. The molecule has 0 unspecified atom stereocenters.